The number of likely N-dealkylation sites (tertiary alicyclic amines) is 1. The summed E-state index contributed by atoms with van der Waals surface area (Å²) >= 11 is 9.62. The molecule has 1 amide bonds. The molecule has 2 aromatic carbocycles. The number of β-amino-alcohol motifs (C(OH)–C–C–N with tert-alkyl or cyclic N) is 1. The lowest BCUT2D eigenvalue weighted by molar-refractivity contribution is -0.0931. The standard InChI is InChI=1S/C20H20BrClFN5O2.ClH/c1-10(24)20(30)7-28(8-20)19(29)12-6-15-18(25-9-27(15)2)16(23)17(12)26-14-4-3-11(21)5-13(14)22;/h3-6,9-10,26,30H,7-8,24H2,1-2H3;1H. The highest BCUT2D eigenvalue weighted by Gasteiger charge is 2.47. The van der Waals surface area contributed by atoms with Gasteiger partial charge < -0.3 is 25.6 Å². The van der Waals surface area contributed by atoms with E-state index in [-0.39, 0.29) is 42.3 Å². The highest BCUT2D eigenvalue weighted by molar-refractivity contribution is 9.10. The molecule has 166 valence electrons. The largest absolute Gasteiger partial charge is 0.385 e. The van der Waals surface area contributed by atoms with Gasteiger partial charge in [-0.1, -0.05) is 27.5 Å². The number of aromatic nitrogens is 2. The second kappa shape index (κ2) is 8.55. The van der Waals surface area contributed by atoms with E-state index in [0.29, 0.717) is 16.2 Å². The van der Waals surface area contributed by atoms with Crippen molar-refractivity contribution in [3.63, 3.8) is 0 Å². The maximum atomic E-state index is 15.4. The molecule has 31 heavy (non-hydrogen) atoms. The molecule has 11 heteroatoms. The van der Waals surface area contributed by atoms with Gasteiger partial charge in [-0.15, -0.1) is 12.4 Å². The van der Waals surface area contributed by atoms with Crippen LogP contribution >= 0.6 is 39.9 Å². The first-order valence-corrected chi connectivity index (χ1v) is 10.4. The summed E-state index contributed by atoms with van der Waals surface area (Å²) in [5, 5.41) is 13.7. The van der Waals surface area contributed by atoms with Crippen LogP contribution in [0.1, 0.15) is 17.3 Å². The lowest BCUT2D eigenvalue weighted by Crippen LogP contribution is -2.70. The molecular weight excluding hydrogens is 512 g/mol. The van der Waals surface area contributed by atoms with Gasteiger partial charge in [-0.2, -0.15) is 0 Å². The van der Waals surface area contributed by atoms with Crippen molar-refractivity contribution in [2.75, 3.05) is 18.4 Å². The highest BCUT2D eigenvalue weighted by Crippen LogP contribution is 2.36. The van der Waals surface area contributed by atoms with Crippen molar-refractivity contribution in [1.82, 2.24) is 14.5 Å². The molecule has 1 aromatic heterocycles. The van der Waals surface area contributed by atoms with Crippen LogP contribution in [0, 0.1) is 5.82 Å². The topological polar surface area (TPSA) is 96.4 Å². The minimum absolute atomic E-state index is 0. The summed E-state index contributed by atoms with van der Waals surface area (Å²) in [7, 11) is 1.72. The Balaban J connectivity index is 0.00000272. The summed E-state index contributed by atoms with van der Waals surface area (Å²) < 4.78 is 17.8. The summed E-state index contributed by atoms with van der Waals surface area (Å²) in [6, 6.07) is 6.20. The van der Waals surface area contributed by atoms with Crippen LogP contribution in [0.5, 0.6) is 0 Å². The maximum absolute atomic E-state index is 15.4. The molecule has 0 spiro atoms. The van der Waals surface area contributed by atoms with Gasteiger partial charge in [0.05, 0.1) is 46.9 Å². The van der Waals surface area contributed by atoms with Gasteiger partial charge in [-0.25, -0.2) is 9.37 Å². The Kier molecular flexibility index (Phi) is 6.55. The van der Waals surface area contributed by atoms with E-state index in [2.05, 4.69) is 26.2 Å². The van der Waals surface area contributed by atoms with Crippen LogP contribution in [0.2, 0.25) is 5.02 Å². The lowest BCUT2D eigenvalue weighted by atomic mass is 9.87. The fraction of sp³-hybridized carbons (Fsp3) is 0.300. The predicted molar refractivity (Wildman–Crippen MR) is 125 cm³/mol. The first-order chi connectivity index (χ1) is 14.1. The van der Waals surface area contributed by atoms with E-state index in [9.17, 15) is 9.90 Å². The van der Waals surface area contributed by atoms with Crippen LogP contribution in [0.3, 0.4) is 0 Å². The minimum atomic E-state index is -1.15. The van der Waals surface area contributed by atoms with Crippen LogP contribution in [-0.2, 0) is 7.05 Å². The highest BCUT2D eigenvalue weighted by atomic mass is 79.9. The van der Waals surface area contributed by atoms with Gasteiger partial charge in [-0.3, -0.25) is 4.79 Å². The number of amides is 1. The summed E-state index contributed by atoms with van der Waals surface area (Å²) in [5.74, 6) is -1.07. The van der Waals surface area contributed by atoms with E-state index >= 15 is 4.39 Å². The van der Waals surface area contributed by atoms with Crippen LogP contribution in [0.25, 0.3) is 11.0 Å². The average Bonchev–Trinajstić information content (AvgIpc) is 3.03. The van der Waals surface area contributed by atoms with Crippen molar-refractivity contribution >= 4 is 68.3 Å². The quantitative estimate of drug-likeness (QED) is 0.474. The number of aryl methyl sites for hydroxylation is 1. The summed E-state index contributed by atoms with van der Waals surface area (Å²) in [5.41, 5.74) is 5.82. The smallest absolute Gasteiger partial charge is 0.256 e. The summed E-state index contributed by atoms with van der Waals surface area (Å²) in [6.07, 6.45) is 1.48. The normalized spacial score (nSPS) is 15.9. The maximum Gasteiger partial charge on any atom is 0.256 e. The van der Waals surface area contributed by atoms with Crippen molar-refractivity contribution in [3.8, 4) is 0 Å². The monoisotopic (exact) mass is 531 g/mol. The third-order valence-corrected chi connectivity index (χ3v) is 6.25. The van der Waals surface area contributed by atoms with Crippen LogP contribution in [0.4, 0.5) is 15.8 Å². The molecule has 1 aliphatic rings. The first kappa shape index (κ1) is 23.7. The second-order valence-electron chi connectivity index (χ2n) is 7.64. The molecule has 2 heterocycles. The van der Waals surface area contributed by atoms with Crippen LogP contribution in [0.15, 0.2) is 35.1 Å². The number of hydrogen-bond donors (Lipinski definition) is 3. The Morgan fingerprint density at radius 2 is 2.10 bits per heavy atom. The van der Waals surface area contributed by atoms with Gasteiger partial charge in [0, 0.05) is 17.6 Å². The zero-order valence-electron chi connectivity index (χ0n) is 16.7. The number of halogens is 4. The number of nitrogens with two attached hydrogens (primary N) is 1. The van der Waals surface area contributed by atoms with Gasteiger partial charge >= 0.3 is 0 Å². The molecule has 1 unspecified atom stereocenters. The molecule has 0 aliphatic carbocycles. The molecule has 4 N–H and O–H groups in total. The van der Waals surface area contributed by atoms with E-state index < -0.39 is 23.4 Å². The number of fused-ring (bicyclic) bond motifs is 1. The van der Waals surface area contributed by atoms with Crippen LogP contribution in [-0.4, -0.2) is 50.2 Å². The average molecular weight is 533 g/mol. The molecule has 7 nitrogen and oxygen atoms in total. The number of hydrogen-bond acceptors (Lipinski definition) is 5. The van der Waals surface area contributed by atoms with Gasteiger partial charge in [0.15, 0.2) is 5.82 Å². The fourth-order valence-corrected chi connectivity index (χ4v) is 4.18. The Morgan fingerprint density at radius 3 is 2.71 bits per heavy atom. The first-order valence-electron chi connectivity index (χ1n) is 9.23. The number of imidazole rings is 1. The Morgan fingerprint density at radius 1 is 1.42 bits per heavy atom. The Hall–Kier alpha value is -1.91. The number of aliphatic hydroxyl groups is 1. The van der Waals surface area contributed by atoms with Crippen LogP contribution < -0.4 is 11.1 Å². The Labute approximate surface area is 197 Å². The number of carbonyl (C=O) groups is 1. The third-order valence-electron chi connectivity index (χ3n) is 5.45. The number of anilines is 2. The molecule has 0 radical (unpaired) electrons. The van der Waals surface area contributed by atoms with E-state index in [0.717, 1.165) is 4.47 Å². The lowest BCUT2D eigenvalue weighted by Gasteiger charge is -2.48. The second-order valence-corrected chi connectivity index (χ2v) is 8.96. The van der Waals surface area contributed by atoms with Gasteiger partial charge in [0.2, 0.25) is 0 Å². The molecule has 1 saturated heterocycles. The number of rotatable bonds is 4. The van der Waals surface area contributed by atoms with E-state index in [1.54, 1.807) is 42.8 Å². The molecule has 4 rings (SSSR count). The number of nitrogens with one attached hydrogen (secondary N) is 1. The molecule has 1 aliphatic heterocycles. The predicted octanol–water partition coefficient (Wildman–Crippen LogP) is 3.83. The van der Waals surface area contributed by atoms with Crippen molar-refractivity contribution in [3.05, 3.63) is 51.5 Å². The van der Waals surface area contributed by atoms with Crippen molar-refractivity contribution in [1.29, 1.82) is 0 Å². The van der Waals surface area contributed by atoms with E-state index in [1.807, 2.05) is 0 Å². The van der Waals surface area contributed by atoms with Crippen molar-refractivity contribution < 1.29 is 14.3 Å². The molecule has 3 aromatic rings. The number of nitrogens with zero attached hydrogens (tertiary/aromatic N) is 3. The molecular formula is C20H21BrCl2FN5O2. The van der Waals surface area contributed by atoms with Gasteiger partial charge in [-0.05, 0) is 31.2 Å². The van der Waals surface area contributed by atoms with E-state index in [4.69, 9.17) is 17.3 Å². The van der Waals surface area contributed by atoms with E-state index in [1.165, 1.54) is 11.2 Å². The summed E-state index contributed by atoms with van der Waals surface area (Å²) in [6.45, 7) is 1.84. The molecule has 0 saturated carbocycles. The molecule has 1 fully saturated rings. The third kappa shape index (κ3) is 4.12. The zero-order chi connectivity index (χ0) is 21.8. The Bertz CT molecular complexity index is 1160. The minimum Gasteiger partial charge on any atom is -0.385 e. The van der Waals surface area contributed by atoms with Crippen molar-refractivity contribution in [2.24, 2.45) is 12.8 Å². The van der Waals surface area contributed by atoms with Gasteiger partial charge in [0.25, 0.3) is 5.91 Å². The fourth-order valence-electron chi connectivity index (χ4n) is 3.46. The van der Waals surface area contributed by atoms with Crippen molar-refractivity contribution in [2.45, 2.75) is 18.6 Å². The van der Waals surface area contributed by atoms with Gasteiger partial charge in [0.1, 0.15) is 11.1 Å². The molecule has 1 atom stereocenters. The summed E-state index contributed by atoms with van der Waals surface area (Å²) in [4.78, 5) is 18.8. The zero-order valence-corrected chi connectivity index (χ0v) is 19.9. The number of carbonyl (C=O) groups excluding carboxylic acids is 1. The molecule has 0 bridgehead atoms. The number of benzene rings is 2. The SMILES string of the molecule is CC(N)C1(O)CN(C(=O)c2cc3c(ncn3C)c(F)c2Nc2ccc(Br)cc2Cl)C1.Cl.